The van der Waals surface area contributed by atoms with E-state index in [0.29, 0.717) is 5.82 Å². The monoisotopic (exact) mass is 266 g/mol. The van der Waals surface area contributed by atoms with Crippen LogP contribution in [-0.4, -0.2) is 39.9 Å². The summed E-state index contributed by atoms with van der Waals surface area (Å²) in [6.45, 7) is -0.414. The lowest BCUT2D eigenvalue weighted by Crippen LogP contribution is -2.36. The third-order valence-electron chi connectivity index (χ3n) is 3.13. The molecule has 0 aromatic carbocycles. The maximum atomic E-state index is 10.4. The van der Waals surface area contributed by atoms with Gasteiger partial charge in [-0.1, -0.05) is 18.9 Å². The molecule has 1 heterocycles. The Hall–Kier alpha value is -1.82. The van der Waals surface area contributed by atoms with E-state index in [1.807, 2.05) is 0 Å². The number of hydrogen-bond acceptors (Lipinski definition) is 5. The summed E-state index contributed by atoms with van der Waals surface area (Å²) in [5.41, 5.74) is 0. The number of anilines is 1. The van der Waals surface area contributed by atoms with Gasteiger partial charge in [0.05, 0.1) is 12.1 Å². The number of aliphatic hydroxyl groups is 1. The van der Waals surface area contributed by atoms with Crippen LogP contribution in [0.25, 0.3) is 0 Å². The normalized spacial score (nSPS) is 22.8. The summed E-state index contributed by atoms with van der Waals surface area (Å²) in [5, 5.41) is 21.6. The number of nitrogens with one attached hydrogen (secondary N) is 1. The molecule has 0 unspecified atom stereocenters. The maximum Gasteiger partial charge on any atom is 0.341 e. The molecule has 3 N–H and O–H groups in total. The van der Waals surface area contributed by atoms with E-state index < -0.39 is 12.6 Å². The third-order valence-corrected chi connectivity index (χ3v) is 3.13. The number of rotatable bonds is 5. The van der Waals surface area contributed by atoms with E-state index in [0.717, 1.165) is 25.7 Å². The van der Waals surface area contributed by atoms with E-state index in [1.165, 1.54) is 0 Å². The topological polar surface area (TPSA) is 91.7 Å². The zero-order valence-corrected chi connectivity index (χ0v) is 10.6. The molecule has 1 saturated carbocycles. The molecule has 0 aliphatic heterocycles. The van der Waals surface area contributed by atoms with Crippen LogP contribution in [0.15, 0.2) is 18.2 Å². The minimum absolute atomic E-state index is 0.00373. The van der Waals surface area contributed by atoms with Gasteiger partial charge in [0.15, 0.2) is 6.61 Å². The molecule has 0 bridgehead atoms. The lowest BCUT2D eigenvalue weighted by molar-refractivity contribution is -0.139. The second-order valence-corrected chi connectivity index (χ2v) is 4.65. The van der Waals surface area contributed by atoms with Crippen molar-refractivity contribution in [2.24, 2.45) is 0 Å². The molecule has 0 spiro atoms. The summed E-state index contributed by atoms with van der Waals surface area (Å²) in [6.07, 6.45) is 3.48. The van der Waals surface area contributed by atoms with Gasteiger partial charge in [-0.3, -0.25) is 0 Å². The highest BCUT2D eigenvalue weighted by molar-refractivity contribution is 5.68. The van der Waals surface area contributed by atoms with Crippen molar-refractivity contribution < 1.29 is 19.7 Å². The number of ether oxygens (including phenoxy) is 1. The van der Waals surface area contributed by atoms with Crippen LogP contribution in [-0.2, 0) is 4.79 Å². The van der Waals surface area contributed by atoms with Gasteiger partial charge in [-0.2, -0.15) is 4.98 Å². The number of aromatic nitrogens is 1. The molecule has 0 saturated heterocycles. The molecular weight excluding hydrogens is 248 g/mol. The lowest BCUT2D eigenvalue weighted by Gasteiger charge is -2.28. The Bertz CT molecular complexity index is 438. The SMILES string of the molecule is O=C(O)COc1cccc(N[C@@H]2CCCC[C@H]2O)n1. The Kier molecular flexibility index (Phi) is 4.57. The summed E-state index contributed by atoms with van der Waals surface area (Å²) in [7, 11) is 0. The minimum Gasteiger partial charge on any atom is -0.479 e. The van der Waals surface area contributed by atoms with Crippen molar-refractivity contribution in [3.63, 3.8) is 0 Å². The van der Waals surface area contributed by atoms with Crippen LogP contribution >= 0.6 is 0 Å². The summed E-state index contributed by atoms with van der Waals surface area (Å²) in [4.78, 5) is 14.6. The first kappa shape index (κ1) is 13.6. The standard InChI is InChI=1S/C13H18N2O4/c16-10-5-2-1-4-9(10)14-11-6-3-7-12(15-11)19-8-13(17)18/h3,6-7,9-10,16H,1-2,4-5,8H2,(H,14,15)(H,17,18)/t9-,10-/m1/s1. The molecule has 1 aromatic heterocycles. The molecule has 1 aliphatic carbocycles. The molecule has 6 heteroatoms. The maximum absolute atomic E-state index is 10.4. The van der Waals surface area contributed by atoms with E-state index in [9.17, 15) is 9.90 Å². The third kappa shape index (κ3) is 4.10. The Morgan fingerprint density at radius 1 is 1.42 bits per heavy atom. The van der Waals surface area contributed by atoms with E-state index >= 15 is 0 Å². The Balaban J connectivity index is 1.96. The average Bonchev–Trinajstić information content (AvgIpc) is 2.40. The molecule has 2 atom stereocenters. The Morgan fingerprint density at radius 2 is 2.21 bits per heavy atom. The van der Waals surface area contributed by atoms with E-state index in [2.05, 4.69) is 10.3 Å². The van der Waals surface area contributed by atoms with Gasteiger partial charge in [0.25, 0.3) is 0 Å². The number of nitrogens with zero attached hydrogens (tertiary/aromatic N) is 1. The first-order valence-corrected chi connectivity index (χ1v) is 6.41. The van der Waals surface area contributed by atoms with Crippen LogP contribution in [0.2, 0.25) is 0 Å². The van der Waals surface area contributed by atoms with E-state index in [-0.39, 0.29) is 18.0 Å². The fraction of sp³-hybridized carbons (Fsp3) is 0.538. The molecule has 104 valence electrons. The highest BCUT2D eigenvalue weighted by Gasteiger charge is 2.23. The van der Waals surface area contributed by atoms with E-state index in [4.69, 9.17) is 9.84 Å². The van der Waals surface area contributed by atoms with Crippen molar-refractivity contribution in [1.82, 2.24) is 4.98 Å². The van der Waals surface area contributed by atoms with Gasteiger partial charge in [-0.05, 0) is 18.9 Å². The minimum atomic E-state index is -1.04. The highest BCUT2D eigenvalue weighted by atomic mass is 16.5. The number of aliphatic hydroxyl groups excluding tert-OH is 1. The first-order chi connectivity index (χ1) is 9.15. The summed E-state index contributed by atoms with van der Waals surface area (Å²) >= 11 is 0. The van der Waals surface area contributed by atoms with Crippen LogP contribution in [0.4, 0.5) is 5.82 Å². The quantitative estimate of drug-likeness (QED) is 0.743. The van der Waals surface area contributed by atoms with Crippen molar-refractivity contribution in [2.45, 2.75) is 37.8 Å². The fourth-order valence-electron chi connectivity index (χ4n) is 2.18. The smallest absolute Gasteiger partial charge is 0.341 e. The van der Waals surface area contributed by atoms with Gasteiger partial charge in [-0.15, -0.1) is 0 Å². The molecule has 0 radical (unpaired) electrons. The van der Waals surface area contributed by atoms with Gasteiger partial charge in [0, 0.05) is 6.07 Å². The number of carboxylic acid groups (broad SMARTS) is 1. The average molecular weight is 266 g/mol. The van der Waals surface area contributed by atoms with Crippen LogP contribution in [0.1, 0.15) is 25.7 Å². The van der Waals surface area contributed by atoms with Crippen LogP contribution < -0.4 is 10.1 Å². The van der Waals surface area contributed by atoms with Crippen molar-refractivity contribution in [1.29, 1.82) is 0 Å². The van der Waals surface area contributed by atoms with E-state index in [1.54, 1.807) is 18.2 Å². The van der Waals surface area contributed by atoms with Crippen LogP contribution in [0.5, 0.6) is 5.88 Å². The number of aliphatic carboxylic acids is 1. The lowest BCUT2D eigenvalue weighted by atomic mass is 9.92. The van der Waals surface area contributed by atoms with Gasteiger partial charge in [-0.25, -0.2) is 4.79 Å². The Morgan fingerprint density at radius 3 is 2.95 bits per heavy atom. The van der Waals surface area contributed by atoms with Crippen molar-refractivity contribution in [3.8, 4) is 5.88 Å². The largest absolute Gasteiger partial charge is 0.479 e. The predicted molar refractivity (Wildman–Crippen MR) is 69.3 cm³/mol. The second-order valence-electron chi connectivity index (χ2n) is 4.65. The summed E-state index contributed by atoms with van der Waals surface area (Å²) in [5.74, 6) is -0.186. The van der Waals surface area contributed by atoms with Crippen molar-refractivity contribution >= 4 is 11.8 Å². The molecule has 19 heavy (non-hydrogen) atoms. The van der Waals surface area contributed by atoms with Gasteiger partial charge < -0.3 is 20.3 Å². The number of carboxylic acids is 1. The highest BCUT2D eigenvalue weighted by Crippen LogP contribution is 2.22. The van der Waals surface area contributed by atoms with Gasteiger partial charge in [0.1, 0.15) is 5.82 Å². The molecule has 0 amide bonds. The van der Waals surface area contributed by atoms with Crippen LogP contribution in [0.3, 0.4) is 0 Å². The van der Waals surface area contributed by atoms with Crippen molar-refractivity contribution in [2.75, 3.05) is 11.9 Å². The van der Waals surface area contributed by atoms with Gasteiger partial charge in [0.2, 0.25) is 5.88 Å². The number of pyridine rings is 1. The molecule has 1 aliphatic rings. The van der Waals surface area contributed by atoms with Crippen molar-refractivity contribution in [3.05, 3.63) is 18.2 Å². The summed E-state index contributed by atoms with van der Waals surface area (Å²) < 4.78 is 5.01. The molecular formula is C13H18N2O4. The molecule has 6 nitrogen and oxygen atoms in total. The zero-order valence-electron chi connectivity index (χ0n) is 10.6. The molecule has 1 aromatic rings. The first-order valence-electron chi connectivity index (χ1n) is 6.41. The molecule has 1 fully saturated rings. The predicted octanol–water partition coefficient (Wildman–Crippen LogP) is 1.26. The second kappa shape index (κ2) is 6.38. The van der Waals surface area contributed by atoms with Crippen LogP contribution in [0, 0.1) is 0 Å². The molecule has 2 rings (SSSR count). The van der Waals surface area contributed by atoms with Gasteiger partial charge >= 0.3 is 5.97 Å². The summed E-state index contributed by atoms with van der Waals surface area (Å²) in [6, 6.07) is 5.11. The zero-order chi connectivity index (χ0) is 13.7. The fourth-order valence-corrected chi connectivity index (χ4v) is 2.18. The Labute approximate surface area is 111 Å². The number of hydrogen-bond donors (Lipinski definition) is 3. The number of carbonyl (C=O) groups is 1.